The van der Waals surface area contributed by atoms with Crippen molar-refractivity contribution in [2.75, 3.05) is 20.2 Å². The number of carbonyl (C=O) groups excluding carboxylic acids is 1. The molecule has 5 heteroatoms. The Hall–Kier alpha value is -0.320. The molecule has 0 aromatic rings. The minimum Gasteiger partial charge on any atom is -0.370 e. The van der Waals surface area contributed by atoms with Crippen molar-refractivity contribution in [1.29, 1.82) is 0 Å². The molecule has 19 heavy (non-hydrogen) atoms. The van der Waals surface area contributed by atoms with Gasteiger partial charge in [-0.2, -0.15) is 0 Å². The van der Waals surface area contributed by atoms with Crippen LogP contribution in [0.1, 0.15) is 46.0 Å². The largest absolute Gasteiger partial charge is 0.370 e. The summed E-state index contributed by atoms with van der Waals surface area (Å²) in [5.74, 6) is 0.600. The Morgan fingerprint density at radius 1 is 1.37 bits per heavy atom. The molecule has 1 aliphatic rings. The van der Waals surface area contributed by atoms with Gasteiger partial charge in [-0.05, 0) is 30.6 Å². The highest BCUT2D eigenvalue weighted by molar-refractivity contribution is 5.85. The minimum atomic E-state index is -0.512. The van der Waals surface area contributed by atoms with E-state index in [0.717, 1.165) is 6.54 Å². The van der Waals surface area contributed by atoms with Crippen molar-refractivity contribution in [3.8, 4) is 0 Å². The Morgan fingerprint density at radius 3 is 2.37 bits per heavy atom. The van der Waals surface area contributed by atoms with Gasteiger partial charge in [-0.3, -0.25) is 4.79 Å². The molecule has 0 aromatic heterocycles. The van der Waals surface area contributed by atoms with Crippen molar-refractivity contribution in [3.63, 3.8) is 0 Å². The number of amides is 1. The molecular weight excluding hydrogens is 264 g/mol. The number of carbonyl (C=O) groups is 1. The van der Waals surface area contributed by atoms with E-state index in [4.69, 9.17) is 10.5 Å². The van der Waals surface area contributed by atoms with Crippen molar-refractivity contribution in [2.45, 2.75) is 52.1 Å². The predicted molar refractivity (Wildman–Crippen MR) is 80.5 cm³/mol. The summed E-state index contributed by atoms with van der Waals surface area (Å²) in [5, 5.41) is 3.03. The molecule has 1 amide bonds. The van der Waals surface area contributed by atoms with Gasteiger partial charge in [0, 0.05) is 20.2 Å². The van der Waals surface area contributed by atoms with Gasteiger partial charge in [0.1, 0.15) is 6.10 Å². The van der Waals surface area contributed by atoms with Gasteiger partial charge in [-0.1, -0.05) is 26.7 Å². The minimum absolute atomic E-state index is 0. The Morgan fingerprint density at radius 2 is 1.95 bits per heavy atom. The van der Waals surface area contributed by atoms with Crippen LogP contribution in [0.5, 0.6) is 0 Å². The Kier molecular flexibility index (Phi) is 8.62. The lowest BCUT2D eigenvalue weighted by Crippen LogP contribution is -2.45. The van der Waals surface area contributed by atoms with Gasteiger partial charge in [0.25, 0.3) is 0 Å². The van der Waals surface area contributed by atoms with E-state index < -0.39 is 6.10 Å². The lowest BCUT2D eigenvalue weighted by Gasteiger charge is -2.31. The van der Waals surface area contributed by atoms with E-state index in [1.165, 1.54) is 39.2 Å². The van der Waals surface area contributed by atoms with E-state index in [-0.39, 0.29) is 24.9 Å². The maximum absolute atomic E-state index is 11.9. The molecule has 3 N–H and O–H groups in total. The second-order valence-electron chi connectivity index (χ2n) is 5.98. The van der Waals surface area contributed by atoms with E-state index in [9.17, 15) is 4.79 Å². The second-order valence-corrected chi connectivity index (χ2v) is 5.98. The van der Waals surface area contributed by atoms with Crippen LogP contribution in [0.3, 0.4) is 0 Å². The number of hydrogen-bond acceptors (Lipinski definition) is 3. The van der Waals surface area contributed by atoms with Gasteiger partial charge >= 0.3 is 0 Å². The molecule has 0 spiro atoms. The van der Waals surface area contributed by atoms with Crippen molar-refractivity contribution in [1.82, 2.24) is 5.32 Å². The number of halogens is 1. The summed E-state index contributed by atoms with van der Waals surface area (Å²) >= 11 is 0. The zero-order valence-corrected chi connectivity index (χ0v) is 13.2. The average Bonchev–Trinajstić information content (AvgIpc) is 2.76. The van der Waals surface area contributed by atoms with Gasteiger partial charge < -0.3 is 15.8 Å². The summed E-state index contributed by atoms with van der Waals surface area (Å²) < 4.78 is 5.05. The monoisotopic (exact) mass is 292 g/mol. The van der Waals surface area contributed by atoms with Crippen molar-refractivity contribution in [2.24, 2.45) is 17.1 Å². The highest BCUT2D eigenvalue weighted by Crippen LogP contribution is 2.42. The third kappa shape index (κ3) is 5.67. The first-order valence-electron chi connectivity index (χ1n) is 7.03. The molecule has 1 saturated carbocycles. The van der Waals surface area contributed by atoms with E-state index in [0.29, 0.717) is 11.3 Å². The lowest BCUT2D eigenvalue weighted by molar-refractivity contribution is -0.131. The standard InChI is InChI=1S/C14H28N2O2.ClH/c1-11(2)8-14(6-4-5-7-14)10-16-13(17)12(9-15)18-3;/h11-12H,4-10,15H2,1-3H3,(H,16,17);1H. The number of hydrogen-bond donors (Lipinski definition) is 2. The third-order valence-corrected chi connectivity index (χ3v) is 3.93. The van der Waals surface area contributed by atoms with E-state index in [2.05, 4.69) is 19.2 Å². The Bertz CT molecular complexity index is 262. The summed E-state index contributed by atoms with van der Waals surface area (Å²) in [6.07, 6.45) is 5.70. The summed E-state index contributed by atoms with van der Waals surface area (Å²) in [4.78, 5) is 11.9. The Balaban J connectivity index is 0.00000324. The lowest BCUT2D eigenvalue weighted by atomic mass is 9.78. The number of ether oxygens (including phenoxy) is 1. The van der Waals surface area contributed by atoms with Gasteiger partial charge in [0.2, 0.25) is 5.91 Å². The van der Waals surface area contributed by atoms with Crippen LogP contribution in [0.25, 0.3) is 0 Å². The van der Waals surface area contributed by atoms with Gasteiger partial charge in [-0.25, -0.2) is 0 Å². The number of methoxy groups -OCH3 is 1. The van der Waals surface area contributed by atoms with Crippen LogP contribution in [0.15, 0.2) is 0 Å². The zero-order chi connectivity index (χ0) is 13.6. The number of nitrogens with two attached hydrogens (primary N) is 1. The first-order chi connectivity index (χ1) is 8.53. The molecule has 0 heterocycles. The van der Waals surface area contributed by atoms with Crippen molar-refractivity contribution >= 4 is 18.3 Å². The molecule has 0 aliphatic heterocycles. The summed E-state index contributed by atoms with van der Waals surface area (Å²) in [7, 11) is 1.52. The number of rotatable bonds is 7. The van der Waals surface area contributed by atoms with Crippen LogP contribution < -0.4 is 11.1 Å². The van der Waals surface area contributed by atoms with Crippen molar-refractivity contribution < 1.29 is 9.53 Å². The van der Waals surface area contributed by atoms with Crippen molar-refractivity contribution in [3.05, 3.63) is 0 Å². The molecule has 1 atom stereocenters. The molecule has 1 aliphatic carbocycles. The fraction of sp³-hybridized carbons (Fsp3) is 0.929. The van der Waals surface area contributed by atoms with E-state index >= 15 is 0 Å². The Labute approximate surface area is 123 Å². The number of nitrogens with one attached hydrogen (secondary N) is 1. The van der Waals surface area contributed by atoms with Gasteiger partial charge in [0.15, 0.2) is 0 Å². The molecule has 114 valence electrons. The average molecular weight is 293 g/mol. The maximum Gasteiger partial charge on any atom is 0.250 e. The molecule has 4 nitrogen and oxygen atoms in total. The topological polar surface area (TPSA) is 64.3 Å². The van der Waals surface area contributed by atoms with Crippen LogP contribution in [0.4, 0.5) is 0 Å². The smallest absolute Gasteiger partial charge is 0.250 e. The van der Waals surface area contributed by atoms with Crippen LogP contribution in [-0.2, 0) is 9.53 Å². The predicted octanol–water partition coefficient (Wildman–Crippen LogP) is 2.10. The fourth-order valence-electron chi connectivity index (χ4n) is 3.14. The van der Waals surface area contributed by atoms with E-state index in [1.807, 2.05) is 0 Å². The van der Waals surface area contributed by atoms with Crippen LogP contribution >= 0.6 is 12.4 Å². The summed E-state index contributed by atoms with van der Waals surface area (Å²) in [5.41, 5.74) is 5.80. The summed E-state index contributed by atoms with van der Waals surface area (Å²) in [6.45, 7) is 5.50. The molecule has 1 unspecified atom stereocenters. The molecular formula is C14H29ClN2O2. The third-order valence-electron chi connectivity index (χ3n) is 3.93. The molecule has 1 fully saturated rings. The van der Waals surface area contributed by atoms with Gasteiger partial charge in [0.05, 0.1) is 0 Å². The highest BCUT2D eigenvalue weighted by Gasteiger charge is 2.35. The SMILES string of the molecule is COC(CN)C(=O)NCC1(CC(C)C)CCCC1.Cl. The van der Waals surface area contributed by atoms with E-state index in [1.54, 1.807) is 0 Å². The fourth-order valence-corrected chi connectivity index (χ4v) is 3.14. The van der Waals surface area contributed by atoms with Crippen LogP contribution in [0, 0.1) is 11.3 Å². The molecule has 0 saturated heterocycles. The highest BCUT2D eigenvalue weighted by atomic mass is 35.5. The normalized spacial score (nSPS) is 19.0. The van der Waals surface area contributed by atoms with Gasteiger partial charge in [-0.15, -0.1) is 12.4 Å². The molecule has 1 rings (SSSR count). The maximum atomic E-state index is 11.9. The van der Waals surface area contributed by atoms with Crippen LogP contribution in [0.2, 0.25) is 0 Å². The molecule has 0 aromatic carbocycles. The van der Waals surface area contributed by atoms with Crippen LogP contribution in [-0.4, -0.2) is 32.2 Å². The molecule has 0 radical (unpaired) electrons. The first kappa shape index (κ1) is 18.7. The summed E-state index contributed by atoms with van der Waals surface area (Å²) in [6, 6.07) is 0. The second kappa shape index (κ2) is 8.77. The first-order valence-corrected chi connectivity index (χ1v) is 7.03. The zero-order valence-electron chi connectivity index (χ0n) is 12.4. The molecule has 0 bridgehead atoms. The quantitative estimate of drug-likeness (QED) is 0.755.